The highest BCUT2D eigenvalue weighted by molar-refractivity contribution is 5.77. The number of carbonyl (C=O) groups is 1. The van der Waals surface area contributed by atoms with Crippen LogP contribution in [0.3, 0.4) is 0 Å². The SMILES string of the molecule is C#CCNC(C(=O)OC)c1ccc(O)cc1. The number of hydrogen-bond donors (Lipinski definition) is 2. The first-order valence-corrected chi connectivity index (χ1v) is 4.72. The van der Waals surface area contributed by atoms with Crippen LogP contribution in [0.2, 0.25) is 0 Å². The van der Waals surface area contributed by atoms with Crippen molar-refractivity contribution in [2.24, 2.45) is 0 Å². The van der Waals surface area contributed by atoms with Gasteiger partial charge in [-0.15, -0.1) is 6.42 Å². The molecule has 2 N–H and O–H groups in total. The van der Waals surface area contributed by atoms with Gasteiger partial charge in [-0.1, -0.05) is 18.1 Å². The summed E-state index contributed by atoms with van der Waals surface area (Å²) in [5.41, 5.74) is 0.694. The van der Waals surface area contributed by atoms with Crippen LogP contribution in [0.25, 0.3) is 0 Å². The fourth-order valence-corrected chi connectivity index (χ4v) is 1.28. The molecule has 84 valence electrons. The van der Waals surface area contributed by atoms with Gasteiger partial charge in [-0.05, 0) is 17.7 Å². The topological polar surface area (TPSA) is 58.6 Å². The van der Waals surface area contributed by atoms with Crippen LogP contribution in [-0.2, 0) is 9.53 Å². The minimum Gasteiger partial charge on any atom is -0.508 e. The lowest BCUT2D eigenvalue weighted by atomic mass is 10.1. The third kappa shape index (κ3) is 3.01. The number of carbonyl (C=O) groups excluding carboxylic acids is 1. The minimum absolute atomic E-state index is 0.143. The van der Waals surface area contributed by atoms with E-state index in [-0.39, 0.29) is 12.3 Å². The molecule has 0 aliphatic rings. The van der Waals surface area contributed by atoms with Gasteiger partial charge in [-0.3, -0.25) is 5.32 Å². The van der Waals surface area contributed by atoms with E-state index in [0.717, 1.165) is 0 Å². The smallest absolute Gasteiger partial charge is 0.327 e. The zero-order chi connectivity index (χ0) is 12.0. The molecular formula is C12H13NO3. The van der Waals surface area contributed by atoms with E-state index in [9.17, 15) is 4.79 Å². The Morgan fingerprint density at radius 1 is 1.56 bits per heavy atom. The summed E-state index contributed by atoms with van der Waals surface area (Å²) in [4.78, 5) is 11.5. The van der Waals surface area contributed by atoms with Crippen LogP contribution in [0.4, 0.5) is 0 Å². The third-order valence-electron chi connectivity index (χ3n) is 2.07. The van der Waals surface area contributed by atoms with Crippen molar-refractivity contribution >= 4 is 5.97 Å². The number of aromatic hydroxyl groups is 1. The average Bonchev–Trinajstić information content (AvgIpc) is 2.31. The zero-order valence-electron chi connectivity index (χ0n) is 8.93. The molecule has 1 rings (SSSR count). The Hall–Kier alpha value is -1.99. The molecular weight excluding hydrogens is 206 g/mol. The predicted molar refractivity (Wildman–Crippen MR) is 59.7 cm³/mol. The third-order valence-corrected chi connectivity index (χ3v) is 2.07. The lowest BCUT2D eigenvalue weighted by molar-refractivity contribution is -0.143. The Bertz CT molecular complexity index is 392. The maximum absolute atomic E-state index is 11.5. The summed E-state index contributed by atoms with van der Waals surface area (Å²) in [7, 11) is 1.31. The average molecular weight is 219 g/mol. The lowest BCUT2D eigenvalue weighted by Gasteiger charge is -2.15. The van der Waals surface area contributed by atoms with Crippen molar-refractivity contribution in [3.8, 4) is 18.1 Å². The Kier molecular flexibility index (Phi) is 4.37. The van der Waals surface area contributed by atoms with E-state index >= 15 is 0 Å². The molecule has 0 saturated heterocycles. The summed E-state index contributed by atoms with van der Waals surface area (Å²) >= 11 is 0. The van der Waals surface area contributed by atoms with Gasteiger partial charge in [-0.2, -0.15) is 0 Å². The van der Waals surface area contributed by atoms with Crippen LogP contribution in [0.15, 0.2) is 24.3 Å². The molecule has 0 heterocycles. The number of phenolic OH excluding ortho intramolecular Hbond substituents is 1. The predicted octanol–water partition coefficient (Wildman–Crippen LogP) is 0.829. The summed E-state index contributed by atoms with van der Waals surface area (Å²) in [6.07, 6.45) is 5.12. The monoisotopic (exact) mass is 219 g/mol. The summed E-state index contributed by atoms with van der Waals surface area (Å²) < 4.78 is 4.66. The van der Waals surface area contributed by atoms with E-state index in [4.69, 9.17) is 11.5 Å². The van der Waals surface area contributed by atoms with E-state index in [1.807, 2.05) is 0 Å². The first kappa shape index (κ1) is 12.1. The largest absolute Gasteiger partial charge is 0.508 e. The second-order valence-corrected chi connectivity index (χ2v) is 3.13. The molecule has 16 heavy (non-hydrogen) atoms. The van der Waals surface area contributed by atoms with Crippen molar-refractivity contribution in [3.05, 3.63) is 29.8 Å². The summed E-state index contributed by atoms with van der Waals surface area (Å²) in [5.74, 6) is 2.12. The van der Waals surface area contributed by atoms with E-state index in [1.54, 1.807) is 12.1 Å². The second-order valence-electron chi connectivity index (χ2n) is 3.13. The molecule has 4 heteroatoms. The zero-order valence-corrected chi connectivity index (χ0v) is 8.93. The van der Waals surface area contributed by atoms with Crippen molar-refractivity contribution in [1.82, 2.24) is 5.32 Å². The summed E-state index contributed by atoms with van der Waals surface area (Å²) in [5, 5.41) is 12.0. The van der Waals surface area contributed by atoms with Crippen LogP contribution in [0.1, 0.15) is 11.6 Å². The van der Waals surface area contributed by atoms with Gasteiger partial charge < -0.3 is 9.84 Å². The number of benzene rings is 1. The fourth-order valence-electron chi connectivity index (χ4n) is 1.28. The summed E-state index contributed by atoms with van der Waals surface area (Å²) in [6, 6.07) is 5.67. The van der Waals surface area contributed by atoms with E-state index < -0.39 is 12.0 Å². The Morgan fingerprint density at radius 2 is 2.19 bits per heavy atom. The highest BCUT2D eigenvalue weighted by Crippen LogP contribution is 2.17. The highest BCUT2D eigenvalue weighted by atomic mass is 16.5. The molecule has 0 aromatic heterocycles. The Labute approximate surface area is 94.2 Å². The van der Waals surface area contributed by atoms with Crippen molar-refractivity contribution in [2.75, 3.05) is 13.7 Å². The molecule has 4 nitrogen and oxygen atoms in total. The van der Waals surface area contributed by atoms with Gasteiger partial charge in [0.2, 0.25) is 0 Å². The first-order valence-electron chi connectivity index (χ1n) is 4.72. The molecule has 0 spiro atoms. The molecule has 1 atom stereocenters. The van der Waals surface area contributed by atoms with Crippen molar-refractivity contribution in [1.29, 1.82) is 0 Å². The van der Waals surface area contributed by atoms with Crippen LogP contribution < -0.4 is 5.32 Å². The van der Waals surface area contributed by atoms with Crippen LogP contribution in [0, 0.1) is 12.3 Å². The maximum Gasteiger partial charge on any atom is 0.327 e. The molecule has 1 unspecified atom stereocenters. The molecule has 0 saturated carbocycles. The van der Waals surface area contributed by atoms with Gasteiger partial charge in [0.15, 0.2) is 0 Å². The standard InChI is InChI=1S/C12H13NO3/c1-3-8-13-11(12(15)16-2)9-4-6-10(14)7-5-9/h1,4-7,11,13-14H,8H2,2H3. The Morgan fingerprint density at radius 3 is 2.69 bits per heavy atom. The van der Waals surface area contributed by atoms with E-state index in [1.165, 1.54) is 19.2 Å². The molecule has 0 radical (unpaired) electrons. The molecule has 0 amide bonds. The van der Waals surface area contributed by atoms with E-state index in [0.29, 0.717) is 5.56 Å². The van der Waals surface area contributed by atoms with Crippen LogP contribution in [-0.4, -0.2) is 24.7 Å². The normalized spacial score (nSPS) is 11.5. The number of phenols is 1. The second kappa shape index (κ2) is 5.79. The van der Waals surface area contributed by atoms with Crippen LogP contribution >= 0.6 is 0 Å². The molecule has 1 aromatic rings. The van der Waals surface area contributed by atoms with Gasteiger partial charge in [-0.25, -0.2) is 4.79 Å². The lowest BCUT2D eigenvalue weighted by Crippen LogP contribution is -2.29. The number of hydrogen-bond acceptors (Lipinski definition) is 4. The minimum atomic E-state index is -0.610. The van der Waals surface area contributed by atoms with Gasteiger partial charge in [0.25, 0.3) is 0 Å². The molecule has 1 aromatic carbocycles. The van der Waals surface area contributed by atoms with Crippen molar-refractivity contribution < 1.29 is 14.6 Å². The quantitative estimate of drug-likeness (QED) is 0.581. The van der Waals surface area contributed by atoms with E-state index in [2.05, 4.69) is 16.0 Å². The van der Waals surface area contributed by atoms with Gasteiger partial charge in [0.05, 0.1) is 13.7 Å². The molecule has 0 aliphatic heterocycles. The fraction of sp³-hybridized carbons (Fsp3) is 0.250. The number of methoxy groups -OCH3 is 1. The first-order chi connectivity index (χ1) is 7.69. The number of esters is 1. The molecule has 0 aliphatic carbocycles. The Balaban J connectivity index is 2.88. The number of rotatable bonds is 4. The highest BCUT2D eigenvalue weighted by Gasteiger charge is 2.19. The van der Waals surface area contributed by atoms with Gasteiger partial charge >= 0.3 is 5.97 Å². The van der Waals surface area contributed by atoms with Gasteiger partial charge in [0, 0.05) is 0 Å². The van der Waals surface area contributed by atoms with Crippen molar-refractivity contribution in [2.45, 2.75) is 6.04 Å². The number of terminal acetylenes is 1. The molecule has 0 bridgehead atoms. The number of nitrogens with one attached hydrogen (secondary N) is 1. The van der Waals surface area contributed by atoms with Crippen LogP contribution in [0.5, 0.6) is 5.75 Å². The summed E-state index contributed by atoms with van der Waals surface area (Å²) in [6.45, 7) is 0.265. The van der Waals surface area contributed by atoms with Crippen molar-refractivity contribution in [3.63, 3.8) is 0 Å². The van der Waals surface area contributed by atoms with Gasteiger partial charge in [0.1, 0.15) is 11.8 Å². The number of ether oxygens (including phenoxy) is 1. The maximum atomic E-state index is 11.5. The molecule has 0 fully saturated rings.